The van der Waals surface area contributed by atoms with Crippen LogP contribution in [-0.2, 0) is 19.8 Å². The van der Waals surface area contributed by atoms with Crippen molar-refractivity contribution in [2.24, 2.45) is 0 Å². The van der Waals surface area contributed by atoms with Crippen LogP contribution in [0.3, 0.4) is 0 Å². The summed E-state index contributed by atoms with van der Waals surface area (Å²) in [7, 11) is 0. The van der Waals surface area contributed by atoms with E-state index in [0.717, 1.165) is 18.4 Å². The summed E-state index contributed by atoms with van der Waals surface area (Å²) < 4.78 is 0. The third-order valence-corrected chi connectivity index (χ3v) is 7.46. The second-order valence-electron chi connectivity index (χ2n) is 9.02. The summed E-state index contributed by atoms with van der Waals surface area (Å²) in [5, 5.41) is 11.6. The Morgan fingerprint density at radius 3 is 2.27 bits per heavy atom. The highest BCUT2D eigenvalue weighted by Gasteiger charge is 2.70. The predicted octanol–water partition coefficient (Wildman–Crippen LogP) is 1.53. The molecule has 0 aromatic heterocycles. The molecular weight excluding hydrogens is 431 g/mol. The second kappa shape index (κ2) is 6.34. The Bertz CT molecular complexity index is 987. The maximum atomic E-state index is 13.0. The monoisotopic (exact) mass is 450 g/mol. The van der Waals surface area contributed by atoms with E-state index in [9.17, 15) is 19.2 Å². The normalized spacial score (nSPS) is 32.3. The highest BCUT2D eigenvalue weighted by Crippen LogP contribution is 2.61. The Kier molecular flexibility index (Phi) is 4.15. The quantitative estimate of drug-likeness (QED) is 0.491. The van der Waals surface area contributed by atoms with Gasteiger partial charge in [0.25, 0.3) is 5.91 Å². The Balaban J connectivity index is 1.15. The van der Waals surface area contributed by atoms with Gasteiger partial charge in [-0.2, -0.15) is 0 Å². The Morgan fingerprint density at radius 1 is 1.03 bits per heavy atom. The van der Waals surface area contributed by atoms with Crippen LogP contribution in [0.4, 0.5) is 4.79 Å². The number of urea groups is 1. The molecule has 30 heavy (non-hydrogen) atoms. The zero-order valence-electron chi connectivity index (χ0n) is 15.9. The predicted molar refractivity (Wildman–Crippen MR) is 108 cm³/mol. The summed E-state index contributed by atoms with van der Waals surface area (Å²) in [5.41, 5.74) is -0.284. The maximum absolute atomic E-state index is 13.0. The van der Waals surface area contributed by atoms with E-state index in [-0.39, 0.29) is 29.3 Å². The van der Waals surface area contributed by atoms with Gasteiger partial charge in [-0.3, -0.25) is 19.7 Å². The lowest BCUT2D eigenvalue weighted by Crippen LogP contribution is -2.84. The molecule has 10 heteroatoms. The molecule has 5 amide bonds. The van der Waals surface area contributed by atoms with Gasteiger partial charge in [-0.15, -0.1) is 0 Å². The summed E-state index contributed by atoms with van der Waals surface area (Å²) in [6, 6.07) is 3.91. The molecule has 1 aromatic carbocycles. The van der Waals surface area contributed by atoms with E-state index in [0.29, 0.717) is 29.3 Å². The number of amides is 5. The van der Waals surface area contributed by atoms with Crippen LogP contribution in [0.15, 0.2) is 18.2 Å². The molecule has 0 spiro atoms. The first kappa shape index (κ1) is 19.6. The highest BCUT2D eigenvalue weighted by atomic mass is 35.5. The lowest BCUT2D eigenvalue weighted by Gasteiger charge is -2.70. The van der Waals surface area contributed by atoms with Crippen molar-refractivity contribution in [3.63, 3.8) is 0 Å². The average Bonchev–Trinajstić information content (AvgIpc) is 3.36. The lowest BCUT2D eigenvalue weighted by atomic mass is 9.44. The summed E-state index contributed by atoms with van der Waals surface area (Å²) in [6.07, 6.45) is 3.43. The minimum Gasteiger partial charge on any atom is -0.350 e. The summed E-state index contributed by atoms with van der Waals surface area (Å²) in [5.74, 6) is -0.786. The van der Waals surface area contributed by atoms with Gasteiger partial charge in [0.2, 0.25) is 11.8 Å². The van der Waals surface area contributed by atoms with Gasteiger partial charge in [0.05, 0.1) is 21.9 Å². The minimum atomic E-state index is -0.834. The molecule has 1 aliphatic heterocycles. The van der Waals surface area contributed by atoms with Crippen LogP contribution < -0.4 is 21.3 Å². The molecule has 1 heterocycles. The molecule has 1 saturated heterocycles. The average molecular weight is 451 g/mol. The van der Waals surface area contributed by atoms with Crippen LogP contribution in [0, 0.1) is 0 Å². The molecule has 158 valence electrons. The van der Waals surface area contributed by atoms with Crippen LogP contribution in [0.25, 0.3) is 0 Å². The molecule has 4 saturated carbocycles. The molecule has 1 aromatic rings. The fourth-order valence-electron chi connectivity index (χ4n) is 5.11. The molecule has 1 unspecified atom stereocenters. The zero-order chi connectivity index (χ0) is 21.3. The number of halogens is 2. The molecule has 2 bridgehead atoms. The van der Waals surface area contributed by atoms with Gasteiger partial charge in [0, 0.05) is 11.1 Å². The Labute approximate surface area is 182 Å². The number of imide groups is 1. The molecule has 0 radical (unpaired) electrons. The van der Waals surface area contributed by atoms with Crippen LogP contribution in [-0.4, -0.2) is 40.9 Å². The van der Waals surface area contributed by atoms with Gasteiger partial charge in [-0.1, -0.05) is 29.3 Å². The third kappa shape index (κ3) is 3.04. The Hall–Kier alpha value is -2.32. The maximum Gasteiger partial charge on any atom is 0.322 e. The summed E-state index contributed by atoms with van der Waals surface area (Å²) in [4.78, 5) is 48.0. The van der Waals surface area contributed by atoms with Crippen LogP contribution in [0.1, 0.15) is 44.1 Å². The molecule has 1 atom stereocenters. The van der Waals surface area contributed by atoms with Gasteiger partial charge in [0.1, 0.15) is 6.04 Å². The van der Waals surface area contributed by atoms with E-state index in [1.54, 1.807) is 12.1 Å². The fourth-order valence-corrected chi connectivity index (χ4v) is 5.41. The third-order valence-electron chi connectivity index (χ3n) is 6.72. The number of carbonyl (C=O) groups excluding carboxylic acids is 4. The van der Waals surface area contributed by atoms with E-state index in [1.807, 2.05) is 6.07 Å². The van der Waals surface area contributed by atoms with Crippen LogP contribution >= 0.6 is 23.2 Å². The van der Waals surface area contributed by atoms with Crippen molar-refractivity contribution >= 4 is 47.0 Å². The number of benzene rings is 1. The Morgan fingerprint density at radius 2 is 1.70 bits per heavy atom. The first-order valence-electron chi connectivity index (χ1n) is 9.85. The molecule has 8 nitrogen and oxygen atoms in total. The highest BCUT2D eigenvalue weighted by molar-refractivity contribution is 6.42. The number of hydrogen-bond donors (Lipinski definition) is 4. The number of carbonyl (C=O) groups is 4. The summed E-state index contributed by atoms with van der Waals surface area (Å²) >= 11 is 12.1. The molecule has 5 fully saturated rings. The van der Waals surface area contributed by atoms with E-state index >= 15 is 0 Å². The fraction of sp³-hybridized carbons (Fsp3) is 0.500. The first-order chi connectivity index (χ1) is 14.1. The van der Waals surface area contributed by atoms with Gasteiger partial charge in [-0.05, 0) is 49.8 Å². The van der Waals surface area contributed by atoms with Gasteiger partial charge in [0.15, 0.2) is 0 Å². The second-order valence-corrected chi connectivity index (χ2v) is 9.84. The van der Waals surface area contributed by atoms with E-state index in [1.165, 1.54) is 0 Å². The number of hydrogen-bond acceptors (Lipinski definition) is 4. The van der Waals surface area contributed by atoms with E-state index in [4.69, 9.17) is 23.2 Å². The van der Waals surface area contributed by atoms with Crippen molar-refractivity contribution in [2.75, 3.05) is 0 Å². The topological polar surface area (TPSA) is 116 Å². The molecular formula is C20H20Cl2N4O4. The number of nitrogens with one attached hydrogen (secondary N) is 4. The van der Waals surface area contributed by atoms with Crippen LogP contribution in [0.5, 0.6) is 0 Å². The molecule has 4 aliphatic carbocycles. The van der Waals surface area contributed by atoms with Crippen LogP contribution in [0.2, 0.25) is 10.0 Å². The molecule has 5 aliphatic rings. The van der Waals surface area contributed by atoms with Gasteiger partial charge < -0.3 is 16.0 Å². The molecule has 6 rings (SSSR count). The zero-order valence-corrected chi connectivity index (χ0v) is 17.5. The van der Waals surface area contributed by atoms with Gasteiger partial charge >= 0.3 is 6.03 Å². The molecule has 4 N–H and O–H groups in total. The first-order valence-corrected chi connectivity index (χ1v) is 10.6. The summed E-state index contributed by atoms with van der Waals surface area (Å²) in [6.45, 7) is 0. The van der Waals surface area contributed by atoms with Crippen molar-refractivity contribution in [2.45, 2.75) is 61.1 Å². The van der Waals surface area contributed by atoms with Crippen molar-refractivity contribution in [3.05, 3.63) is 33.8 Å². The number of rotatable bonds is 6. The smallest absolute Gasteiger partial charge is 0.322 e. The SMILES string of the molecule is O=C(CC1NC(=O)NC1=O)NC12CC(NC(=O)C3(c4ccc(Cl)c(Cl)c4)CC3)(C1)C2. The largest absolute Gasteiger partial charge is 0.350 e. The van der Waals surface area contributed by atoms with Gasteiger partial charge in [-0.25, -0.2) is 4.79 Å². The standard InChI is InChI=1S/C20H20Cl2N4O4/c21-11-2-1-10(5-12(11)22)20(3-4-20)16(29)26-19-7-18(8-19,9-19)25-14(27)6-13-15(28)24-17(30)23-13/h1-2,5,13H,3-4,6-9H2,(H,25,27)(H,26,29)(H2,23,24,28,30). The minimum absolute atomic E-state index is 0.00847. The van der Waals surface area contributed by atoms with Crippen molar-refractivity contribution in [3.8, 4) is 0 Å². The van der Waals surface area contributed by atoms with Crippen molar-refractivity contribution < 1.29 is 19.2 Å². The van der Waals surface area contributed by atoms with E-state index < -0.39 is 23.4 Å². The lowest BCUT2D eigenvalue weighted by molar-refractivity contribution is -0.151. The van der Waals surface area contributed by atoms with Crippen molar-refractivity contribution in [1.82, 2.24) is 21.3 Å². The van der Waals surface area contributed by atoms with Crippen molar-refractivity contribution in [1.29, 1.82) is 0 Å². The van der Waals surface area contributed by atoms with E-state index in [2.05, 4.69) is 21.3 Å².